The Hall–Kier alpha value is -8.15. The molecule has 5 nitrogen and oxygen atoms in total. The molecule has 0 saturated heterocycles. The lowest BCUT2D eigenvalue weighted by molar-refractivity contribution is 0.660. The van der Waals surface area contributed by atoms with E-state index in [-0.39, 0.29) is 5.41 Å². The predicted molar refractivity (Wildman–Crippen MR) is 259 cm³/mol. The summed E-state index contributed by atoms with van der Waals surface area (Å²) in [6.45, 7) is 4.63. The SMILES string of the molecule is CC1(C)c2ccccc2-c2ccc(-c3nc(-c4ccccc4)nc(-n4c5cccc6c7ccc8ccc(-c9ccc%10c(c9)oc9ccccc9%10)cc8c7c7cccc4c7c65)n3)cc21. The summed E-state index contributed by atoms with van der Waals surface area (Å²) in [5, 5.41) is 12.0. The van der Waals surface area contributed by atoms with Gasteiger partial charge < -0.3 is 4.42 Å². The molecule has 14 rings (SSSR count). The molecule has 1 aliphatic carbocycles. The summed E-state index contributed by atoms with van der Waals surface area (Å²) in [6.07, 6.45) is 0. The highest BCUT2D eigenvalue weighted by atomic mass is 16.3. The van der Waals surface area contributed by atoms with Crippen molar-refractivity contribution in [3.63, 3.8) is 0 Å². The second kappa shape index (κ2) is 12.5. The van der Waals surface area contributed by atoms with E-state index in [1.807, 2.05) is 30.3 Å². The second-order valence-electron chi connectivity index (χ2n) is 17.5. The maximum Gasteiger partial charge on any atom is 0.238 e. The van der Waals surface area contributed by atoms with E-state index in [2.05, 4.69) is 170 Å². The Morgan fingerprint density at radius 2 is 1.02 bits per heavy atom. The zero-order valence-corrected chi connectivity index (χ0v) is 34.5. The zero-order valence-electron chi connectivity index (χ0n) is 34.5. The molecule has 0 saturated carbocycles. The third-order valence-electron chi connectivity index (χ3n) is 13.8. The van der Waals surface area contributed by atoms with Gasteiger partial charge in [-0.2, -0.15) is 9.97 Å². The van der Waals surface area contributed by atoms with Gasteiger partial charge in [0.25, 0.3) is 0 Å². The van der Waals surface area contributed by atoms with Gasteiger partial charge in [-0.05, 0) is 108 Å². The summed E-state index contributed by atoms with van der Waals surface area (Å²) in [7, 11) is 0. The number of aromatic nitrogens is 4. The van der Waals surface area contributed by atoms with Crippen molar-refractivity contribution in [2.75, 3.05) is 0 Å². The predicted octanol–water partition coefficient (Wildman–Crippen LogP) is 15.1. The number of nitrogens with zero attached hydrogens (tertiary/aromatic N) is 4. The molecular weight excluding hydrogens is 769 g/mol. The topological polar surface area (TPSA) is 56.7 Å². The Bertz CT molecular complexity index is 4060. The first kappa shape index (κ1) is 34.6. The van der Waals surface area contributed by atoms with Crippen LogP contribution in [0.25, 0.3) is 127 Å². The van der Waals surface area contributed by atoms with Crippen molar-refractivity contribution < 1.29 is 4.42 Å². The van der Waals surface area contributed by atoms with E-state index in [0.717, 1.165) is 55.2 Å². The highest BCUT2D eigenvalue weighted by Gasteiger charge is 2.35. The summed E-state index contributed by atoms with van der Waals surface area (Å²) in [6, 6.07) is 65.3. The largest absolute Gasteiger partial charge is 0.456 e. The molecule has 3 aromatic heterocycles. The van der Waals surface area contributed by atoms with Crippen molar-refractivity contribution in [1.29, 1.82) is 0 Å². The van der Waals surface area contributed by atoms with E-state index >= 15 is 0 Å². The van der Waals surface area contributed by atoms with E-state index in [1.165, 1.54) is 65.3 Å². The first-order chi connectivity index (χ1) is 31.0. The summed E-state index contributed by atoms with van der Waals surface area (Å²) in [4.78, 5) is 15.9. The van der Waals surface area contributed by atoms with Gasteiger partial charge >= 0.3 is 0 Å². The molecule has 0 spiro atoms. The summed E-state index contributed by atoms with van der Waals surface area (Å²) in [5.41, 5.74) is 13.1. The van der Waals surface area contributed by atoms with E-state index in [1.54, 1.807) is 0 Å². The Balaban J connectivity index is 1.00. The normalized spacial score (nSPS) is 13.4. The van der Waals surface area contributed by atoms with Crippen LogP contribution in [-0.2, 0) is 5.41 Å². The molecule has 0 unspecified atom stereocenters. The lowest BCUT2D eigenvalue weighted by Gasteiger charge is -2.21. The molecular formula is C58H36N4O. The van der Waals surface area contributed by atoms with Crippen molar-refractivity contribution in [3.05, 3.63) is 193 Å². The number of rotatable bonds is 4. The molecule has 0 bridgehead atoms. The van der Waals surface area contributed by atoms with Crippen molar-refractivity contribution in [1.82, 2.24) is 19.5 Å². The van der Waals surface area contributed by atoms with E-state index in [9.17, 15) is 0 Å². The molecule has 1 aliphatic rings. The molecule has 0 N–H and O–H groups in total. The molecule has 13 aromatic rings. The maximum absolute atomic E-state index is 6.33. The molecule has 3 heterocycles. The Morgan fingerprint density at radius 1 is 0.397 bits per heavy atom. The van der Waals surface area contributed by atoms with Gasteiger partial charge in [0.1, 0.15) is 11.2 Å². The van der Waals surface area contributed by atoms with Crippen LogP contribution in [0.15, 0.2) is 186 Å². The lowest BCUT2D eigenvalue weighted by atomic mass is 9.82. The molecule has 5 heteroatoms. The molecule has 63 heavy (non-hydrogen) atoms. The van der Waals surface area contributed by atoms with Crippen LogP contribution < -0.4 is 0 Å². The van der Waals surface area contributed by atoms with E-state index in [4.69, 9.17) is 19.4 Å². The minimum absolute atomic E-state index is 0.156. The number of benzene rings is 10. The van der Waals surface area contributed by atoms with Crippen LogP contribution in [0.3, 0.4) is 0 Å². The summed E-state index contributed by atoms with van der Waals surface area (Å²) >= 11 is 0. The number of fused-ring (bicyclic) bond motifs is 11. The van der Waals surface area contributed by atoms with Crippen LogP contribution in [0.5, 0.6) is 0 Å². The van der Waals surface area contributed by atoms with Crippen LogP contribution in [0.2, 0.25) is 0 Å². The fourth-order valence-electron chi connectivity index (χ4n) is 10.8. The monoisotopic (exact) mass is 804 g/mol. The fourth-order valence-corrected chi connectivity index (χ4v) is 10.8. The van der Waals surface area contributed by atoms with Crippen LogP contribution in [0.4, 0.5) is 0 Å². The first-order valence-electron chi connectivity index (χ1n) is 21.6. The van der Waals surface area contributed by atoms with Crippen molar-refractivity contribution in [2.24, 2.45) is 0 Å². The Morgan fingerprint density at radius 3 is 1.89 bits per heavy atom. The van der Waals surface area contributed by atoms with Crippen LogP contribution in [-0.4, -0.2) is 19.5 Å². The molecule has 0 fully saturated rings. The van der Waals surface area contributed by atoms with E-state index < -0.39 is 0 Å². The number of hydrogen-bond donors (Lipinski definition) is 0. The quantitative estimate of drug-likeness (QED) is 0.166. The summed E-state index contributed by atoms with van der Waals surface area (Å²) < 4.78 is 8.58. The zero-order chi connectivity index (χ0) is 41.6. The van der Waals surface area contributed by atoms with Gasteiger partial charge in [0.05, 0.1) is 11.0 Å². The van der Waals surface area contributed by atoms with Crippen LogP contribution in [0.1, 0.15) is 25.0 Å². The van der Waals surface area contributed by atoms with Crippen LogP contribution >= 0.6 is 0 Å². The maximum atomic E-state index is 6.33. The number of furan rings is 1. The third kappa shape index (κ3) is 4.79. The molecule has 0 aliphatic heterocycles. The van der Waals surface area contributed by atoms with Crippen LogP contribution in [0, 0.1) is 0 Å². The van der Waals surface area contributed by atoms with Crippen molar-refractivity contribution in [3.8, 4) is 51.0 Å². The second-order valence-corrected chi connectivity index (χ2v) is 17.5. The van der Waals surface area contributed by atoms with Gasteiger partial charge in [-0.15, -0.1) is 0 Å². The standard InChI is InChI=1S/C58H36N4O/c1-58(2)46-18-8-6-14-38(46)39-27-26-37(31-47(39)58)56-59-55(34-12-4-3-5-13-34)60-57(61-56)62-48-19-10-16-42-43-29-24-33-22-23-35(30-45(33)52(43)44-17-11-20-49(62)54(44)53(42)48)36-25-28-41-40-15-7-9-21-50(40)63-51(41)32-36/h3-32H,1-2H3. The minimum Gasteiger partial charge on any atom is -0.456 e. The van der Waals surface area contributed by atoms with Gasteiger partial charge in [-0.3, -0.25) is 4.57 Å². The number of hydrogen-bond acceptors (Lipinski definition) is 4. The average Bonchev–Trinajstić information content (AvgIpc) is 3.96. The van der Waals surface area contributed by atoms with Gasteiger partial charge in [-0.25, -0.2) is 4.98 Å². The summed E-state index contributed by atoms with van der Waals surface area (Å²) in [5.74, 6) is 1.88. The molecule has 294 valence electrons. The van der Waals surface area contributed by atoms with Crippen molar-refractivity contribution in [2.45, 2.75) is 19.3 Å². The van der Waals surface area contributed by atoms with E-state index in [0.29, 0.717) is 17.6 Å². The fraction of sp³-hybridized carbons (Fsp3) is 0.0517. The number of para-hydroxylation sites is 1. The highest BCUT2D eigenvalue weighted by molar-refractivity contribution is 6.38. The smallest absolute Gasteiger partial charge is 0.238 e. The third-order valence-corrected chi connectivity index (χ3v) is 13.8. The molecule has 0 atom stereocenters. The minimum atomic E-state index is -0.156. The van der Waals surface area contributed by atoms with Gasteiger partial charge in [-0.1, -0.05) is 153 Å². The van der Waals surface area contributed by atoms with Gasteiger partial charge in [0, 0.05) is 38.1 Å². The van der Waals surface area contributed by atoms with Gasteiger partial charge in [0.2, 0.25) is 5.95 Å². The average molecular weight is 805 g/mol. The lowest BCUT2D eigenvalue weighted by Crippen LogP contribution is -2.15. The van der Waals surface area contributed by atoms with Gasteiger partial charge in [0.15, 0.2) is 11.6 Å². The Labute approximate surface area is 361 Å². The Kier molecular flexibility index (Phi) is 6.84. The molecule has 0 amide bonds. The highest BCUT2D eigenvalue weighted by Crippen LogP contribution is 2.50. The first-order valence-corrected chi connectivity index (χ1v) is 21.6. The molecule has 10 aromatic carbocycles. The molecule has 0 radical (unpaired) electrons. The van der Waals surface area contributed by atoms with Crippen molar-refractivity contribution >= 4 is 76.1 Å².